The van der Waals surface area contributed by atoms with E-state index in [1.807, 2.05) is 20.2 Å². The first-order chi connectivity index (χ1) is 9.45. The Bertz CT molecular complexity index is 542. The molecule has 0 aromatic carbocycles. The number of hydrogen-bond acceptors (Lipinski definition) is 5. The molecule has 1 aromatic heterocycles. The van der Waals surface area contributed by atoms with E-state index in [1.165, 1.54) is 11.3 Å². The zero-order chi connectivity index (χ0) is 14.8. The molecule has 1 N–H and O–H groups in total. The zero-order valence-corrected chi connectivity index (χ0v) is 13.9. The molecule has 0 saturated carbocycles. The summed E-state index contributed by atoms with van der Waals surface area (Å²) < 4.78 is 27.3. The van der Waals surface area contributed by atoms with Crippen LogP contribution in [0.5, 0.6) is 0 Å². The second kappa shape index (κ2) is 6.53. The van der Waals surface area contributed by atoms with Crippen LogP contribution in [0, 0.1) is 0 Å². The number of thiophene rings is 1. The summed E-state index contributed by atoms with van der Waals surface area (Å²) in [5.41, 5.74) is 0. The van der Waals surface area contributed by atoms with Crippen LogP contribution < -0.4 is 5.32 Å². The molecule has 0 amide bonds. The highest BCUT2D eigenvalue weighted by Crippen LogP contribution is 2.26. The first-order valence-corrected chi connectivity index (χ1v) is 9.14. The largest absolute Gasteiger partial charge is 0.319 e. The molecule has 7 heteroatoms. The predicted octanol–water partition coefficient (Wildman–Crippen LogP) is 0.835. The van der Waals surface area contributed by atoms with E-state index >= 15 is 0 Å². The van der Waals surface area contributed by atoms with E-state index in [0.29, 0.717) is 17.3 Å². The summed E-state index contributed by atoms with van der Waals surface area (Å²) in [5, 5.41) is 3.08. The zero-order valence-electron chi connectivity index (χ0n) is 12.3. The molecule has 1 aliphatic heterocycles. The predicted molar refractivity (Wildman–Crippen MR) is 82.8 cm³/mol. The fourth-order valence-electron chi connectivity index (χ4n) is 2.24. The van der Waals surface area contributed by atoms with Gasteiger partial charge in [-0.15, -0.1) is 11.3 Å². The van der Waals surface area contributed by atoms with Crippen molar-refractivity contribution in [2.45, 2.75) is 23.6 Å². The second-order valence-electron chi connectivity index (χ2n) is 5.27. The molecule has 2 rings (SSSR count). The van der Waals surface area contributed by atoms with Gasteiger partial charge in [0.2, 0.25) is 0 Å². The number of sulfonamides is 1. The first-order valence-electron chi connectivity index (χ1n) is 6.89. The SMILES string of the molecule is CNCCc1ccc(S(=O)(=O)N2CCN(C)C(C)C2)s1. The molecule has 0 radical (unpaired) electrons. The molecule has 1 fully saturated rings. The number of hydrogen-bond donors (Lipinski definition) is 1. The number of piperazine rings is 1. The van der Waals surface area contributed by atoms with Crippen molar-refractivity contribution in [3.63, 3.8) is 0 Å². The van der Waals surface area contributed by atoms with Crippen LogP contribution in [0.2, 0.25) is 0 Å². The molecular weight excluding hydrogens is 294 g/mol. The minimum atomic E-state index is -3.32. The third kappa shape index (κ3) is 3.40. The second-order valence-corrected chi connectivity index (χ2v) is 8.60. The van der Waals surface area contributed by atoms with Crippen molar-refractivity contribution < 1.29 is 8.42 Å². The lowest BCUT2D eigenvalue weighted by atomic mass is 10.2. The Labute approximate surface area is 125 Å². The fraction of sp³-hybridized carbons (Fsp3) is 0.692. The van der Waals surface area contributed by atoms with E-state index in [4.69, 9.17) is 0 Å². The highest BCUT2D eigenvalue weighted by Gasteiger charge is 2.31. The van der Waals surface area contributed by atoms with Gasteiger partial charge in [0.15, 0.2) is 0 Å². The molecule has 5 nitrogen and oxygen atoms in total. The van der Waals surface area contributed by atoms with Crippen LogP contribution in [0.4, 0.5) is 0 Å². The van der Waals surface area contributed by atoms with E-state index in [0.717, 1.165) is 24.4 Å². The van der Waals surface area contributed by atoms with Crippen LogP contribution in [0.3, 0.4) is 0 Å². The van der Waals surface area contributed by atoms with Crippen molar-refractivity contribution in [3.8, 4) is 0 Å². The van der Waals surface area contributed by atoms with Gasteiger partial charge in [-0.2, -0.15) is 4.31 Å². The topological polar surface area (TPSA) is 52.7 Å². The number of rotatable bonds is 5. The van der Waals surface area contributed by atoms with Crippen molar-refractivity contribution in [3.05, 3.63) is 17.0 Å². The molecule has 20 heavy (non-hydrogen) atoms. The summed E-state index contributed by atoms with van der Waals surface area (Å²) in [6.07, 6.45) is 0.871. The van der Waals surface area contributed by atoms with Gasteiger partial charge in [0.25, 0.3) is 10.0 Å². The van der Waals surface area contributed by atoms with Crippen LogP contribution in [-0.2, 0) is 16.4 Å². The molecule has 2 heterocycles. The van der Waals surface area contributed by atoms with E-state index in [1.54, 1.807) is 10.4 Å². The Morgan fingerprint density at radius 2 is 2.15 bits per heavy atom. The smallest absolute Gasteiger partial charge is 0.252 e. The van der Waals surface area contributed by atoms with Gasteiger partial charge in [-0.25, -0.2) is 8.42 Å². The highest BCUT2D eigenvalue weighted by molar-refractivity contribution is 7.91. The monoisotopic (exact) mass is 317 g/mol. The van der Waals surface area contributed by atoms with Gasteiger partial charge in [-0.1, -0.05) is 0 Å². The Hall–Kier alpha value is -0.470. The Morgan fingerprint density at radius 3 is 2.80 bits per heavy atom. The van der Waals surface area contributed by atoms with Crippen LogP contribution in [-0.4, -0.2) is 63.9 Å². The molecule has 1 aliphatic rings. The molecule has 1 unspecified atom stereocenters. The van der Waals surface area contributed by atoms with Crippen LogP contribution >= 0.6 is 11.3 Å². The Balaban J connectivity index is 2.12. The number of nitrogens with zero attached hydrogens (tertiary/aromatic N) is 2. The lowest BCUT2D eigenvalue weighted by molar-refractivity contribution is 0.160. The average Bonchev–Trinajstić information content (AvgIpc) is 2.89. The maximum Gasteiger partial charge on any atom is 0.252 e. The van der Waals surface area contributed by atoms with E-state index in [9.17, 15) is 8.42 Å². The molecule has 1 aromatic rings. The molecule has 1 atom stereocenters. The Morgan fingerprint density at radius 1 is 1.40 bits per heavy atom. The van der Waals surface area contributed by atoms with Gasteiger partial charge in [0.1, 0.15) is 4.21 Å². The van der Waals surface area contributed by atoms with Gasteiger partial charge in [0, 0.05) is 30.6 Å². The van der Waals surface area contributed by atoms with Gasteiger partial charge in [0.05, 0.1) is 0 Å². The van der Waals surface area contributed by atoms with Gasteiger partial charge >= 0.3 is 0 Å². The normalized spacial score (nSPS) is 22.2. The molecule has 0 spiro atoms. The van der Waals surface area contributed by atoms with Crippen LogP contribution in [0.15, 0.2) is 16.3 Å². The standard InChI is InChI=1S/C13H23N3O2S2/c1-11-10-16(9-8-15(11)3)20(17,18)13-5-4-12(19-13)6-7-14-2/h4-5,11,14H,6-10H2,1-3H3. The summed E-state index contributed by atoms with van der Waals surface area (Å²) in [6, 6.07) is 3.93. The van der Waals surface area contributed by atoms with Gasteiger partial charge in [-0.05, 0) is 46.1 Å². The average molecular weight is 317 g/mol. The van der Waals surface area contributed by atoms with Crippen molar-refractivity contribution >= 4 is 21.4 Å². The number of nitrogens with one attached hydrogen (secondary N) is 1. The van der Waals surface area contributed by atoms with E-state index in [2.05, 4.69) is 17.1 Å². The molecule has 114 valence electrons. The Kier molecular flexibility index (Phi) is 5.19. The van der Waals surface area contributed by atoms with Gasteiger partial charge in [-0.3, -0.25) is 0 Å². The van der Waals surface area contributed by atoms with Crippen molar-refractivity contribution in [1.82, 2.24) is 14.5 Å². The molecule has 0 bridgehead atoms. The first kappa shape index (κ1) is 15.9. The molecular formula is C13H23N3O2S2. The minimum Gasteiger partial charge on any atom is -0.319 e. The van der Waals surface area contributed by atoms with E-state index < -0.39 is 10.0 Å². The van der Waals surface area contributed by atoms with Crippen LogP contribution in [0.25, 0.3) is 0 Å². The maximum atomic E-state index is 12.6. The molecule has 0 aliphatic carbocycles. The molecule has 1 saturated heterocycles. The summed E-state index contributed by atoms with van der Waals surface area (Å²) in [4.78, 5) is 3.30. The third-order valence-electron chi connectivity index (χ3n) is 3.77. The van der Waals surface area contributed by atoms with Crippen molar-refractivity contribution in [1.29, 1.82) is 0 Å². The van der Waals surface area contributed by atoms with Crippen LogP contribution in [0.1, 0.15) is 11.8 Å². The summed E-state index contributed by atoms with van der Waals surface area (Å²) in [7, 11) is 0.619. The van der Waals surface area contributed by atoms with Gasteiger partial charge < -0.3 is 10.2 Å². The summed E-state index contributed by atoms with van der Waals surface area (Å²) in [5.74, 6) is 0. The van der Waals surface area contributed by atoms with Crippen molar-refractivity contribution in [2.24, 2.45) is 0 Å². The van der Waals surface area contributed by atoms with E-state index in [-0.39, 0.29) is 6.04 Å². The summed E-state index contributed by atoms with van der Waals surface area (Å²) >= 11 is 1.39. The fourth-order valence-corrected chi connectivity index (χ4v) is 5.26. The quantitative estimate of drug-likeness (QED) is 0.874. The minimum absolute atomic E-state index is 0.266. The van der Waals surface area contributed by atoms with Crippen molar-refractivity contribution in [2.75, 3.05) is 40.3 Å². The third-order valence-corrected chi connectivity index (χ3v) is 7.25. The highest BCUT2D eigenvalue weighted by atomic mass is 32.2. The maximum absolute atomic E-state index is 12.6. The lowest BCUT2D eigenvalue weighted by Gasteiger charge is -2.36. The number of likely N-dealkylation sites (N-methyl/N-ethyl adjacent to an activating group) is 2. The summed E-state index contributed by atoms with van der Waals surface area (Å²) in [6.45, 7) is 4.87. The lowest BCUT2D eigenvalue weighted by Crippen LogP contribution is -2.51.